The van der Waals surface area contributed by atoms with Gasteiger partial charge in [-0.3, -0.25) is 14.4 Å². The first-order valence-electron chi connectivity index (χ1n) is 8.38. The van der Waals surface area contributed by atoms with E-state index in [-0.39, 0.29) is 36.2 Å². The molecule has 0 aliphatic heterocycles. The highest BCUT2D eigenvalue weighted by Crippen LogP contribution is 2.12. The van der Waals surface area contributed by atoms with Gasteiger partial charge in [-0.2, -0.15) is 0 Å². The van der Waals surface area contributed by atoms with E-state index in [1.54, 1.807) is 24.3 Å². The summed E-state index contributed by atoms with van der Waals surface area (Å²) in [5, 5.41) is 8.55. The van der Waals surface area contributed by atoms with E-state index in [4.69, 9.17) is 11.6 Å². The zero-order valence-corrected chi connectivity index (χ0v) is 15.8. The van der Waals surface area contributed by atoms with Crippen LogP contribution in [0.2, 0.25) is 5.02 Å². The summed E-state index contributed by atoms with van der Waals surface area (Å²) in [5.74, 6) is -1.08. The molecule has 3 N–H and O–H groups in total. The molecule has 0 aromatic heterocycles. The fourth-order valence-corrected chi connectivity index (χ4v) is 2.30. The predicted octanol–water partition coefficient (Wildman–Crippen LogP) is 2.13. The maximum atomic E-state index is 12.4. The van der Waals surface area contributed by atoms with E-state index in [2.05, 4.69) is 16.0 Å². The van der Waals surface area contributed by atoms with Gasteiger partial charge in [-0.25, -0.2) is 0 Å². The average molecular weight is 368 g/mol. The van der Waals surface area contributed by atoms with Crippen molar-refractivity contribution in [2.45, 2.75) is 46.2 Å². The molecule has 0 bridgehead atoms. The lowest BCUT2D eigenvalue weighted by Gasteiger charge is -2.23. The summed E-state index contributed by atoms with van der Waals surface area (Å²) in [5.41, 5.74) is 0.419. The molecule has 6 nitrogen and oxygen atoms in total. The van der Waals surface area contributed by atoms with Gasteiger partial charge in [0.1, 0.15) is 6.04 Å². The quantitative estimate of drug-likeness (QED) is 0.657. The molecule has 25 heavy (non-hydrogen) atoms. The van der Waals surface area contributed by atoms with Gasteiger partial charge in [-0.05, 0) is 44.0 Å². The van der Waals surface area contributed by atoms with Crippen molar-refractivity contribution in [3.63, 3.8) is 0 Å². The van der Waals surface area contributed by atoms with Crippen LogP contribution in [0.4, 0.5) is 0 Å². The van der Waals surface area contributed by atoms with Crippen LogP contribution in [0.15, 0.2) is 24.3 Å². The van der Waals surface area contributed by atoms with Crippen LogP contribution in [-0.4, -0.2) is 36.3 Å². The number of carbonyl (C=O) groups excluding carboxylic acids is 3. The van der Waals surface area contributed by atoms with Crippen LogP contribution in [0.3, 0.4) is 0 Å². The molecule has 0 saturated heterocycles. The lowest BCUT2D eigenvalue weighted by atomic mass is 9.98. The zero-order valence-electron chi connectivity index (χ0n) is 15.1. The second-order valence-corrected chi connectivity index (χ2v) is 6.72. The van der Waals surface area contributed by atoms with Crippen molar-refractivity contribution in [3.8, 4) is 0 Å². The fraction of sp³-hybridized carbons (Fsp3) is 0.500. The van der Waals surface area contributed by atoms with E-state index in [9.17, 15) is 14.4 Å². The van der Waals surface area contributed by atoms with E-state index < -0.39 is 6.04 Å². The van der Waals surface area contributed by atoms with Crippen molar-refractivity contribution >= 4 is 29.3 Å². The minimum absolute atomic E-state index is 0.000582. The lowest BCUT2D eigenvalue weighted by Crippen LogP contribution is -2.52. The number of hydrogen-bond acceptors (Lipinski definition) is 3. The van der Waals surface area contributed by atoms with Crippen LogP contribution >= 0.6 is 11.6 Å². The second-order valence-electron chi connectivity index (χ2n) is 6.28. The summed E-state index contributed by atoms with van der Waals surface area (Å²) in [6.07, 6.45) is 0.706. The summed E-state index contributed by atoms with van der Waals surface area (Å²) in [7, 11) is 0. The first kappa shape index (κ1) is 21.0. The van der Waals surface area contributed by atoms with Gasteiger partial charge in [0.2, 0.25) is 11.8 Å². The van der Waals surface area contributed by atoms with Gasteiger partial charge < -0.3 is 16.0 Å². The van der Waals surface area contributed by atoms with Gasteiger partial charge in [0.25, 0.3) is 5.91 Å². The molecule has 0 heterocycles. The van der Waals surface area contributed by atoms with Crippen LogP contribution in [0, 0.1) is 5.92 Å². The Morgan fingerprint density at radius 1 is 1.04 bits per heavy atom. The Hall–Kier alpha value is -2.08. The third-order valence-corrected chi connectivity index (χ3v) is 4.01. The van der Waals surface area contributed by atoms with Gasteiger partial charge in [-0.1, -0.05) is 31.9 Å². The normalized spacial score (nSPS) is 13.0. The predicted molar refractivity (Wildman–Crippen MR) is 98.4 cm³/mol. The number of benzene rings is 1. The number of rotatable bonds is 8. The summed E-state index contributed by atoms with van der Waals surface area (Å²) >= 11 is 5.82. The van der Waals surface area contributed by atoms with Crippen molar-refractivity contribution < 1.29 is 14.4 Å². The Balaban J connectivity index is 2.72. The Labute approximate surface area is 153 Å². The summed E-state index contributed by atoms with van der Waals surface area (Å²) in [6, 6.07) is 5.70. The van der Waals surface area contributed by atoms with Crippen molar-refractivity contribution in [2.75, 3.05) is 6.54 Å². The van der Waals surface area contributed by atoms with Crippen LogP contribution in [0.25, 0.3) is 0 Å². The third kappa shape index (κ3) is 7.13. The zero-order chi connectivity index (χ0) is 19.0. The molecule has 2 atom stereocenters. The standard InChI is InChI=1S/C18H26ClN3O3/c1-5-12(4)16(18(25)20-10-15(23)21-11(2)3)22-17(24)13-6-8-14(19)9-7-13/h6-9,11-12,16H,5,10H2,1-4H3,(H,20,25)(H,21,23)(H,22,24). The summed E-state index contributed by atoms with van der Waals surface area (Å²) < 4.78 is 0. The van der Waals surface area contributed by atoms with Crippen molar-refractivity contribution in [3.05, 3.63) is 34.9 Å². The molecular weight excluding hydrogens is 342 g/mol. The van der Waals surface area contributed by atoms with Crippen LogP contribution in [0.1, 0.15) is 44.5 Å². The van der Waals surface area contributed by atoms with Crippen molar-refractivity contribution in [1.29, 1.82) is 0 Å². The van der Waals surface area contributed by atoms with E-state index >= 15 is 0 Å². The monoisotopic (exact) mass is 367 g/mol. The molecular formula is C18H26ClN3O3. The Morgan fingerprint density at radius 2 is 1.64 bits per heavy atom. The second kappa shape index (κ2) is 10.0. The van der Waals surface area contributed by atoms with E-state index in [1.807, 2.05) is 27.7 Å². The van der Waals surface area contributed by atoms with Crippen molar-refractivity contribution in [2.24, 2.45) is 5.92 Å². The molecule has 138 valence electrons. The van der Waals surface area contributed by atoms with E-state index in [0.29, 0.717) is 17.0 Å². The first-order valence-corrected chi connectivity index (χ1v) is 8.75. The molecule has 0 saturated carbocycles. The van der Waals surface area contributed by atoms with E-state index in [1.165, 1.54) is 0 Å². The van der Waals surface area contributed by atoms with Gasteiger partial charge in [0, 0.05) is 16.6 Å². The summed E-state index contributed by atoms with van der Waals surface area (Å²) in [6.45, 7) is 7.37. The molecule has 2 unspecified atom stereocenters. The number of amides is 3. The van der Waals surface area contributed by atoms with E-state index in [0.717, 1.165) is 0 Å². The maximum Gasteiger partial charge on any atom is 0.251 e. The van der Waals surface area contributed by atoms with Crippen molar-refractivity contribution in [1.82, 2.24) is 16.0 Å². The number of nitrogens with one attached hydrogen (secondary N) is 3. The molecule has 0 fully saturated rings. The summed E-state index contributed by atoms with van der Waals surface area (Å²) in [4.78, 5) is 36.5. The van der Waals surface area contributed by atoms with Crippen LogP contribution in [0.5, 0.6) is 0 Å². The topological polar surface area (TPSA) is 87.3 Å². The minimum Gasteiger partial charge on any atom is -0.352 e. The van der Waals surface area contributed by atoms with Gasteiger partial charge >= 0.3 is 0 Å². The molecule has 0 spiro atoms. The highest BCUT2D eigenvalue weighted by atomic mass is 35.5. The molecule has 1 rings (SSSR count). The Bertz CT molecular complexity index is 602. The molecule has 7 heteroatoms. The number of hydrogen-bond donors (Lipinski definition) is 3. The SMILES string of the molecule is CCC(C)C(NC(=O)c1ccc(Cl)cc1)C(=O)NCC(=O)NC(C)C. The molecule has 1 aromatic rings. The third-order valence-electron chi connectivity index (χ3n) is 3.76. The largest absolute Gasteiger partial charge is 0.352 e. The molecule has 1 aromatic carbocycles. The molecule has 0 radical (unpaired) electrons. The molecule has 0 aliphatic rings. The maximum absolute atomic E-state index is 12.4. The highest BCUT2D eigenvalue weighted by molar-refractivity contribution is 6.30. The highest BCUT2D eigenvalue weighted by Gasteiger charge is 2.26. The smallest absolute Gasteiger partial charge is 0.251 e. The first-order chi connectivity index (χ1) is 11.7. The number of halogens is 1. The number of carbonyl (C=O) groups is 3. The van der Waals surface area contributed by atoms with Gasteiger partial charge in [0.15, 0.2) is 0 Å². The Morgan fingerprint density at radius 3 is 2.16 bits per heavy atom. The average Bonchev–Trinajstić information content (AvgIpc) is 2.56. The van der Waals surface area contributed by atoms with Crippen LogP contribution in [-0.2, 0) is 9.59 Å². The molecule has 0 aliphatic carbocycles. The van der Waals surface area contributed by atoms with Gasteiger partial charge in [0.05, 0.1) is 6.54 Å². The molecule has 3 amide bonds. The van der Waals surface area contributed by atoms with Crippen LogP contribution < -0.4 is 16.0 Å². The van der Waals surface area contributed by atoms with Gasteiger partial charge in [-0.15, -0.1) is 0 Å². The lowest BCUT2D eigenvalue weighted by molar-refractivity contribution is -0.128. The fourth-order valence-electron chi connectivity index (χ4n) is 2.18. The Kier molecular flexibility index (Phi) is 8.41. The minimum atomic E-state index is -0.722.